The van der Waals surface area contributed by atoms with Gasteiger partial charge in [-0.2, -0.15) is 22.5 Å². The summed E-state index contributed by atoms with van der Waals surface area (Å²) in [6.45, 7) is -0.252. The lowest BCUT2D eigenvalue weighted by Crippen LogP contribution is -2.39. The number of nitrogens with zero attached hydrogens (tertiary/aromatic N) is 3. The van der Waals surface area contributed by atoms with Gasteiger partial charge in [0.1, 0.15) is 23.4 Å². The van der Waals surface area contributed by atoms with Crippen LogP contribution in [0.25, 0.3) is 6.08 Å². The van der Waals surface area contributed by atoms with Gasteiger partial charge >= 0.3 is 5.97 Å². The number of sulfonamides is 1. The molecule has 0 amide bonds. The highest BCUT2D eigenvalue weighted by Crippen LogP contribution is 2.34. The number of carboxylic acid groups (broad SMARTS) is 1. The number of carboxylic acids is 1. The van der Waals surface area contributed by atoms with Crippen LogP contribution in [0.2, 0.25) is 5.02 Å². The maximum Gasteiger partial charge on any atom is 0.320 e. The smallest absolute Gasteiger partial charge is 0.320 e. The SMILES string of the molecule is Cl.Cl.N=C(N)c1cccc(/C=C/CN(c2ccc(OC3CCN(c4c(F)c(F)nc(F)c4F)CC3)c(Cl)c2)S(=O)(=O)CC(=O)O)c1. The molecule has 0 spiro atoms. The van der Waals surface area contributed by atoms with Crippen molar-refractivity contribution in [3.05, 3.63) is 88.2 Å². The maximum absolute atomic E-state index is 14.2. The number of aromatic nitrogens is 1. The van der Waals surface area contributed by atoms with Crippen LogP contribution in [0.3, 0.4) is 0 Å². The number of amidine groups is 1. The molecule has 0 saturated carbocycles. The molecule has 1 aliphatic heterocycles. The van der Waals surface area contributed by atoms with E-state index in [0.29, 0.717) is 11.1 Å². The third-order valence-electron chi connectivity index (χ3n) is 6.65. The number of ether oxygens (including phenoxy) is 1. The number of aliphatic carboxylic acids is 1. The minimum atomic E-state index is -4.35. The van der Waals surface area contributed by atoms with E-state index < -0.39 is 57.1 Å². The van der Waals surface area contributed by atoms with Gasteiger partial charge in [-0.05, 0) is 29.8 Å². The minimum absolute atomic E-state index is 0. The standard InChI is InChI=1S/C28H26ClF4N5O5S.2ClH/c29-20-14-18(38(44(41,42)15-22(39)40)10-2-4-16-3-1-5-17(13-16)28(34)35)6-7-21(20)43-19-8-11-37(12-9-19)25-23(30)26(32)36-27(33)24(25)31;;/h1-7,13-14,19H,8-12,15H2,(H3,34,35)(H,39,40);2*1H/b4-2+;;. The first-order chi connectivity index (χ1) is 20.8. The summed E-state index contributed by atoms with van der Waals surface area (Å²) in [4.78, 5) is 15.0. The number of halogens is 7. The lowest BCUT2D eigenvalue weighted by molar-refractivity contribution is -0.134. The highest BCUT2D eigenvalue weighted by atomic mass is 35.5. The molecule has 250 valence electrons. The van der Waals surface area contributed by atoms with E-state index in [1.165, 1.54) is 24.3 Å². The number of hydrogen-bond acceptors (Lipinski definition) is 7. The molecule has 0 unspecified atom stereocenters. The van der Waals surface area contributed by atoms with Crippen molar-refractivity contribution in [2.24, 2.45) is 5.73 Å². The summed E-state index contributed by atoms with van der Waals surface area (Å²) in [5.41, 5.74) is 5.83. The van der Waals surface area contributed by atoms with Crippen molar-refractivity contribution in [1.29, 1.82) is 5.41 Å². The molecule has 3 aromatic rings. The average Bonchev–Trinajstić information content (AvgIpc) is 2.96. The van der Waals surface area contributed by atoms with Gasteiger partial charge in [-0.1, -0.05) is 42.0 Å². The van der Waals surface area contributed by atoms with E-state index in [1.54, 1.807) is 30.3 Å². The van der Waals surface area contributed by atoms with E-state index in [-0.39, 0.29) is 79.6 Å². The molecule has 1 aromatic heterocycles. The first kappa shape index (κ1) is 38.4. The van der Waals surface area contributed by atoms with Gasteiger partial charge in [-0.25, -0.2) is 8.42 Å². The fourth-order valence-corrected chi connectivity index (χ4v) is 6.01. The van der Waals surface area contributed by atoms with E-state index in [9.17, 15) is 35.9 Å². The van der Waals surface area contributed by atoms with E-state index in [2.05, 4.69) is 4.98 Å². The summed E-state index contributed by atoms with van der Waals surface area (Å²) in [6.07, 6.45) is 3.00. The van der Waals surface area contributed by atoms with E-state index in [4.69, 9.17) is 27.5 Å². The number of rotatable bonds is 11. The molecule has 10 nitrogen and oxygen atoms in total. The van der Waals surface area contributed by atoms with Crippen molar-refractivity contribution in [3.8, 4) is 5.75 Å². The number of carbonyl (C=O) groups is 1. The van der Waals surface area contributed by atoms with Gasteiger partial charge in [0.05, 0.1) is 17.3 Å². The molecule has 46 heavy (non-hydrogen) atoms. The number of nitrogen functional groups attached to an aromatic ring is 1. The zero-order valence-electron chi connectivity index (χ0n) is 23.6. The molecule has 0 atom stereocenters. The highest BCUT2D eigenvalue weighted by molar-refractivity contribution is 7.93. The van der Waals surface area contributed by atoms with Gasteiger partial charge < -0.3 is 20.5 Å². The fourth-order valence-electron chi connectivity index (χ4n) is 4.58. The Kier molecular flexibility index (Phi) is 13.5. The van der Waals surface area contributed by atoms with Crippen molar-refractivity contribution in [2.75, 3.05) is 34.6 Å². The van der Waals surface area contributed by atoms with E-state index in [0.717, 1.165) is 9.21 Å². The molecule has 4 N–H and O–H groups in total. The zero-order chi connectivity index (χ0) is 32.2. The van der Waals surface area contributed by atoms with Crippen LogP contribution in [0.4, 0.5) is 28.9 Å². The van der Waals surface area contributed by atoms with Gasteiger partial charge in [-0.15, -0.1) is 24.8 Å². The Hall–Kier alpha value is -3.79. The van der Waals surface area contributed by atoms with E-state index >= 15 is 0 Å². The average molecular weight is 729 g/mol. The summed E-state index contributed by atoms with van der Waals surface area (Å²) in [6, 6.07) is 10.7. The van der Waals surface area contributed by atoms with Crippen LogP contribution in [-0.4, -0.2) is 61.8 Å². The van der Waals surface area contributed by atoms with Gasteiger partial charge in [0, 0.05) is 31.5 Å². The second kappa shape index (κ2) is 16.2. The molecule has 0 aliphatic carbocycles. The third kappa shape index (κ3) is 9.15. The molecule has 0 bridgehead atoms. The third-order valence-corrected chi connectivity index (χ3v) is 8.59. The fraction of sp³-hybridized carbons (Fsp3) is 0.250. The lowest BCUT2D eigenvalue weighted by Gasteiger charge is -2.34. The molecule has 1 aliphatic rings. The zero-order valence-corrected chi connectivity index (χ0v) is 26.8. The first-order valence-corrected chi connectivity index (χ1v) is 15.0. The van der Waals surface area contributed by atoms with Gasteiger partial charge in [0.15, 0.2) is 5.75 Å². The molecule has 1 saturated heterocycles. The van der Waals surface area contributed by atoms with Crippen LogP contribution in [-0.2, 0) is 14.8 Å². The Labute approximate surface area is 279 Å². The lowest BCUT2D eigenvalue weighted by atomic mass is 10.1. The van der Waals surface area contributed by atoms with Crippen LogP contribution < -0.4 is 19.7 Å². The quantitative estimate of drug-likeness (QED) is 0.103. The number of nitrogens with two attached hydrogens (primary N) is 1. The number of anilines is 2. The van der Waals surface area contributed by atoms with Crippen LogP contribution in [0.1, 0.15) is 24.0 Å². The predicted octanol–water partition coefficient (Wildman–Crippen LogP) is 5.40. The first-order valence-electron chi connectivity index (χ1n) is 13.0. The normalized spacial score (nSPS) is 13.5. The Morgan fingerprint density at radius 2 is 1.74 bits per heavy atom. The number of benzene rings is 2. The number of piperidine rings is 1. The largest absolute Gasteiger partial charge is 0.489 e. The molecule has 18 heteroatoms. The Balaban J connectivity index is 0.00000368. The molecule has 4 rings (SSSR count). The topological polar surface area (TPSA) is 150 Å². The van der Waals surface area contributed by atoms with Crippen molar-refractivity contribution < 1.29 is 40.6 Å². The van der Waals surface area contributed by atoms with Crippen LogP contribution in [0.15, 0.2) is 48.5 Å². The van der Waals surface area contributed by atoms with Gasteiger partial charge in [-0.3, -0.25) is 14.5 Å². The Bertz CT molecular complexity index is 1700. The summed E-state index contributed by atoms with van der Waals surface area (Å²) >= 11 is 6.41. The monoisotopic (exact) mass is 727 g/mol. The van der Waals surface area contributed by atoms with Gasteiger partial charge in [0.25, 0.3) is 11.9 Å². The van der Waals surface area contributed by atoms with Crippen molar-refractivity contribution in [3.63, 3.8) is 0 Å². The highest BCUT2D eigenvalue weighted by Gasteiger charge is 2.30. The Morgan fingerprint density at radius 1 is 1.11 bits per heavy atom. The van der Waals surface area contributed by atoms with Crippen LogP contribution in [0.5, 0.6) is 5.75 Å². The maximum atomic E-state index is 14.2. The molecule has 2 heterocycles. The Morgan fingerprint density at radius 3 is 2.30 bits per heavy atom. The summed E-state index contributed by atoms with van der Waals surface area (Å²) in [7, 11) is -4.35. The van der Waals surface area contributed by atoms with Crippen molar-refractivity contribution >= 4 is 75.7 Å². The number of hydrogen-bond donors (Lipinski definition) is 3. The van der Waals surface area contributed by atoms with Crippen LogP contribution >= 0.6 is 36.4 Å². The molecular formula is C28H28Cl3F4N5O5S. The number of pyridine rings is 1. The second-order valence-corrected chi connectivity index (χ2v) is 12.0. The summed E-state index contributed by atoms with van der Waals surface area (Å²) in [5.74, 6) is -9.39. The minimum Gasteiger partial charge on any atom is -0.489 e. The molecule has 1 fully saturated rings. The molecule has 0 radical (unpaired) electrons. The van der Waals surface area contributed by atoms with Gasteiger partial charge in [0.2, 0.25) is 21.7 Å². The summed E-state index contributed by atoms with van der Waals surface area (Å²) in [5, 5.41) is 16.7. The summed E-state index contributed by atoms with van der Waals surface area (Å²) < 4.78 is 88.1. The van der Waals surface area contributed by atoms with Crippen molar-refractivity contribution in [1.82, 2.24) is 4.98 Å². The second-order valence-electron chi connectivity index (χ2n) is 9.71. The van der Waals surface area contributed by atoms with Crippen molar-refractivity contribution in [2.45, 2.75) is 18.9 Å². The van der Waals surface area contributed by atoms with Crippen LogP contribution in [0, 0.1) is 28.9 Å². The predicted molar refractivity (Wildman–Crippen MR) is 171 cm³/mol. The number of nitrogens with one attached hydrogen (secondary N) is 1. The van der Waals surface area contributed by atoms with E-state index in [1.807, 2.05) is 0 Å². The molecule has 2 aromatic carbocycles. The molecular weight excluding hydrogens is 701 g/mol.